The van der Waals surface area contributed by atoms with Crippen molar-refractivity contribution >= 4 is 36.1 Å². The molecule has 0 bridgehead atoms. The van der Waals surface area contributed by atoms with Crippen molar-refractivity contribution in [3.05, 3.63) is 133 Å². The van der Waals surface area contributed by atoms with Crippen molar-refractivity contribution in [3.8, 4) is 23.0 Å². The van der Waals surface area contributed by atoms with Gasteiger partial charge in [-0.1, -0.05) is 48.5 Å². The molecule has 3 heterocycles. The number of benzene rings is 4. The van der Waals surface area contributed by atoms with E-state index in [1.807, 2.05) is 48.5 Å². The fourth-order valence-corrected chi connectivity index (χ4v) is 6.15. The molecule has 0 unspecified atom stereocenters. The minimum absolute atomic E-state index is 0.399. The van der Waals surface area contributed by atoms with Crippen molar-refractivity contribution in [2.45, 2.75) is 26.9 Å². The summed E-state index contributed by atoms with van der Waals surface area (Å²) in [5.74, 6) is 2.73. The number of pyridine rings is 2. The van der Waals surface area contributed by atoms with Gasteiger partial charge in [-0.3, -0.25) is 0 Å². The number of aromatic nitrogens is 2. The highest BCUT2D eigenvalue weighted by molar-refractivity contribution is 6.50. The number of ether oxygens (including phenoxy) is 8. The average molecular weight is 937 g/mol. The molecule has 4 aromatic carbocycles. The SMILES string of the molecule is Cc1ccc[n+](CC[n+]2cccc(C)c2)c1.F[B-](F)(F)F.F[B-](F)(F)F.c1ccc2cc3c(cc2c1)OCCOCCOCCOc1cc2ccccc2cc1OCCOCCOCCO3. The first-order chi connectivity index (χ1) is 31.6. The second kappa shape index (κ2) is 28.4. The first-order valence-corrected chi connectivity index (χ1v) is 21.1. The number of hydrogen-bond acceptors (Lipinski definition) is 8. The van der Waals surface area contributed by atoms with E-state index < -0.39 is 14.5 Å². The van der Waals surface area contributed by atoms with E-state index in [-0.39, 0.29) is 0 Å². The Balaban J connectivity index is 0.000000299. The number of halogens is 8. The summed E-state index contributed by atoms with van der Waals surface area (Å²) in [6.07, 6.45) is 8.58. The van der Waals surface area contributed by atoms with E-state index in [1.54, 1.807) is 0 Å². The van der Waals surface area contributed by atoms with Crippen LogP contribution in [0.2, 0.25) is 0 Å². The molecule has 0 amide bonds. The van der Waals surface area contributed by atoms with Gasteiger partial charge in [0.25, 0.3) is 0 Å². The maximum Gasteiger partial charge on any atom is 0.673 e. The molecule has 0 fully saturated rings. The molecular formula is C46H54B2F8N2O8. The molecule has 10 nitrogen and oxygen atoms in total. The molecule has 1 aliphatic rings. The van der Waals surface area contributed by atoms with Gasteiger partial charge in [0.2, 0.25) is 13.1 Å². The van der Waals surface area contributed by atoms with Crippen molar-refractivity contribution in [2.75, 3.05) is 79.3 Å². The van der Waals surface area contributed by atoms with Gasteiger partial charge in [-0.25, -0.2) is 0 Å². The minimum Gasteiger partial charge on any atom is -0.487 e. The molecule has 2 aromatic heterocycles. The smallest absolute Gasteiger partial charge is 0.487 e. The lowest BCUT2D eigenvalue weighted by Crippen LogP contribution is -2.44. The minimum atomic E-state index is -6.00. The van der Waals surface area contributed by atoms with E-state index in [1.165, 1.54) is 11.1 Å². The molecule has 0 aliphatic carbocycles. The summed E-state index contributed by atoms with van der Waals surface area (Å²) < 4.78 is 129. The van der Waals surface area contributed by atoms with Crippen LogP contribution >= 0.6 is 0 Å². The van der Waals surface area contributed by atoms with Gasteiger partial charge >= 0.3 is 14.5 Å². The fraction of sp³-hybridized carbons (Fsp3) is 0.348. The summed E-state index contributed by atoms with van der Waals surface area (Å²) in [4.78, 5) is 0. The monoisotopic (exact) mass is 936 g/mol. The van der Waals surface area contributed by atoms with Gasteiger partial charge in [-0.15, -0.1) is 0 Å². The van der Waals surface area contributed by atoms with Crippen LogP contribution in [0, 0.1) is 13.8 Å². The van der Waals surface area contributed by atoms with E-state index in [9.17, 15) is 34.5 Å². The van der Waals surface area contributed by atoms with Crippen molar-refractivity contribution in [3.63, 3.8) is 0 Å². The third-order valence-electron chi connectivity index (χ3n) is 8.94. The maximum absolute atomic E-state index is 9.75. The first-order valence-electron chi connectivity index (χ1n) is 21.1. The van der Waals surface area contributed by atoms with Crippen LogP contribution in [0.1, 0.15) is 11.1 Å². The summed E-state index contributed by atoms with van der Waals surface area (Å²) in [5, 5.41) is 4.34. The maximum atomic E-state index is 9.75. The van der Waals surface area contributed by atoms with Crippen LogP contribution in [0.25, 0.3) is 21.5 Å². The summed E-state index contributed by atoms with van der Waals surface area (Å²) in [7, 11) is -12.0. The molecule has 0 spiro atoms. The normalized spacial score (nSPS) is 14.8. The Bertz CT molecular complexity index is 2050. The highest BCUT2D eigenvalue weighted by Gasteiger charge is 2.21. The molecule has 0 radical (unpaired) electrons. The molecule has 0 N–H and O–H groups in total. The lowest BCUT2D eigenvalue weighted by atomic mass is 10.1. The summed E-state index contributed by atoms with van der Waals surface area (Å²) in [6, 6.07) is 32.6. The zero-order valence-electron chi connectivity index (χ0n) is 36.8. The van der Waals surface area contributed by atoms with Gasteiger partial charge in [0.15, 0.2) is 47.8 Å². The van der Waals surface area contributed by atoms with Crippen LogP contribution in [-0.4, -0.2) is 93.8 Å². The third-order valence-corrected chi connectivity index (χ3v) is 8.94. The van der Waals surface area contributed by atoms with E-state index in [4.69, 9.17) is 37.9 Å². The van der Waals surface area contributed by atoms with Crippen LogP contribution in [0.5, 0.6) is 23.0 Å². The molecule has 1 aliphatic heterocycles. The predicted octanol–water partition coefficient (Wildman–Crippen LogP) is 9.47. The standard InChI is InChI=1S/C32H36O8.C14H18N2.2BF4/c1-2-6-26-22-30-29(21-25(26)5-1)37-17-13-33-9-10-35-15-19-39-31-23-27-7-3-4-8-28(27)24-32(31)40-20-16-36-12-11-34-14-18-38-30;1-13-5-3-7-15(11-13)9-10-16-8-4-6-14(2)12-16;2*2-1(3,4)5/h1-8,21-24H,9-20H2;3-8,11-12H,9-10H2,1-2H3;;/q;+2;2*-1. The van der Waals surface area contributed by atoms with Crippen molar-refractivity contribution in [1.29, 1.82) is 0 Å². The van der Waals surface area contributed by atoms with Gasteiger partial charge in [0.05, 0.1) is 52.9 Å². The van der Waals surface area contributed by atoms with E-state index >= 15 is 0 Å². The Morgan fingerprint density at radius 3 is 0.864 bits per heavy atom. The number of nitrogens with zero attached hydrogens (tertiary/aromatic N) is 2. The highest BCUT2D eigenvalue weighted by atomic mass is 19.5. The van der Waals surface area contributed by atoms with Gasteiger partial charge in [0, 0.05) is 23.3 Å². The Morgan fingerprint density at radius 1 is 0.379 bits per heavy atom. The molecule has 6 aromatic rings. The number of fused-ring (bicyclic) bond motifs is 4. The summed E-state index contributed by atoms with van der Waals surface area (Å²) in [5.41, 5.74) is 2.61. The van der Waals surface area contributed by atoms with Crippen molar-refractivity contribution < 1.29 is 81.6 Å². The Morgan fingerprint density at radius 2 is 0.621 bits per heavy atom. The largest absolute Gasteiger partial charge is 0.673 e. The quantitative estimate of drug-likeness (QED) is 0.0988. The van der Waals surface area contributed by atoms with Gasteiger partial charge in [0.1, 0.15) is 26.4 Å². The molecule has 0 saturated heterocycles. The fourth-order valence-electron chi connectivity index (χ4n) is 6.15. The Hall–Kier alpha value is -5.69. The van der Waals surface area contributed by atoms with Crippen LogP contribution in [0.3, 0.4) is 0 Å². The van der Waals surface area contributed by atoms with Gasteiger partial charge in [-0.05, 0) is 71.8 Å². The van der Waals surface area contributed by atoms with Crippen LogP contribution in [0.4, 0.5) is 34.5 Å². The topological polar surface area (TPSA) is 81.6 Å². The summed E-state index contributed by atoms with van der Waals surface area (Å²) >= 11 is 0. The van der Waals surface area contributed by atoms with Crippen LogP contribution in [-0.2, 0) is 32.0 Å². The second-order valence-corrected chi connectivity index (χ2v) is 14.4. The number of hydrogen-bond donors (Lipinski definition) is 0. The highest BCUT2D eigenvalue weighted by Crippen LogP contribution is 2.34. The van der Waals surface area contributed by atoms with Crippen LogP contribution < -0.4 is 28.1 Å². The predicted molar refractivity (Wildman–Crippen MR) is 236 cm³/mol. The Labute approximate surface area is 379 Å². The van der Waals surface area contributed by atoms with Gasteiger partial charge in [-0.2, -0.15) is 9.13 Å². The van der Waals surface area contributed by atoms with Crippen molar-refractivity contribution in [1.82, 2.24) is 0 Å². The third kappa shape index (κ3) is 23.0. The van der Waals surface area contributed by atoms with E-state index in [0.29, 0.717) is 102 Å². The average Bonchev–Trinajstić information content (AvgIpc) is 3.25. The molecule has 358 valence electrons. The van der Waals surface area contributed by atoms with Gasteiger partial charge < -0.3 is 72.4 Å². The molecule has 66 heavy (non-hydrogen) atoms. The lowest BCUT2D eigenvalue weighted by Gasteiger charge is -2.16. The van der Waals surface area contributed by atoms with Crippen LogP contribution in [0.15, 0.2) is 122 Å². The Kier molecular flexibility index (Phi) is 22.8. The zero-order chi connectivity index (χ0) is 47.6. The molecule has 7 rings (SSSR count). The van der Waals surface area contributed by atoms with E-state index in [0.717, 1.165) is 34.6 Å². The first kappa shape index (κ1) is 52.9. The second-order valence-electron chi connectivity index (χ2n) is 14.4. The molecule has 20 heteroatoms. The molecule has 0 atom stereocenters. The van der Waals surface area contributed by atoms with Crippen molar-refractivity contribution in [2.24, 2.45) is 0 Å². The van der Waals surface area contributed by atoms with E-state index in [2.05, 4.69) is 96.3 Å². The zero-order valence-corrected chi connectivity index (χ0v) is 36.8. The molecule has 0 saturated carbocycles. The molecular weight excluding hydrogens is 882 g/mol. The number of rotatable bonds is 3. The number of aryl methyl sites for hydroxylation is 4. The summed E-state index contributed by atoms with van der Waals surface area (Å²) in [6.45, 7) is 11.5. The lowest BCUT2D eigenvalue weighted by molar-refractivity contribution is -0.778.